The van der Waals surface area contributed by atoms with E-state index < -0.39 is 5.79 Å². The fourth-order valence-electron chi connectivity index (χ4n) is 2.25. The van der Waals surface area contributed by atoms with Crippen LogP contribution in [-0.4, -0.2) is 25.0 Å². The number of para-hydroxylation sites is 1. The SMILES string of the molecule is CC1(C)OCC(Nc2ccccc2-c2cccs2)CO1. The Balaban J connectivity index is 1.75. The van der Waals surface area contributed by atoms with Crippen molar-refractivity contribution >= 4 is 17.0 Å². The highest BCUT2D eigenvalue weighted by Gasteiger charge is 2.28. The minimum absolute atomic E-state index is 0.184. The molecule has 0 aliphatic carbocycles. The van der Waals surface area contributed by atoms with Crippen molar-refractivity contribution in [1.29, 1.82) is 0 Å². The van der Waals surface area contributed by atoms with Gasteiger partial charge in [0.2, 0.25) is 0 Å². The quantitative estimate of drug-likeness (QED) is 0.927. The third-order valence-corrected chi connectivity index (χ3v) is 4.24. The van der Waals surface area contributed by atoms with Crippen molar-refractivity contribution in [1.82, 2.24) is 0 Å². The number of benzene rings is 1. The number of hydrogen-bond acceptors (Lipinski definition) is 4. The number of hydrogen-bond donors (Lipinski definition) is 1. The van der Waals surface area contributed by atoms with E-state index in [1.807, 2.05) is 19.9 Å². The van der Waals surface area contributed by atoms with E-state index in [-0.39, 0.29) is 6.04 Å². The molecule has 1 aliphatic heterocycles. The van der Waals surface area contributed by atoms with Crippen LogP contribution in [0.3, 0.4) is 0 Å². The molecule has 4 heteroatoms. The molecule has 1 aliphatic rings. The lowest BCUT2D eigenvalue weighted by molar-refractivity contribution is -0.247. The van der Waals surface area contributed by atoms with Gasteiger partial charge in [0.1, 0.15) is 0 Å². The van der Waals surface area contributed by atoms with Crippen molar-refractivity contribution in [2.75, 3.05) is 18.5 Å². The van der Waals surface area contributed by atoms with Crippen molar-refractivity contribution in [3.63, 3.8) is 0 Å². The van der Waals surface area contributed by atoms with Crippen LogP contribution in [0.5, 0.6) is 0 Å². The Kier molecular flexibility index (Phi) is 3.78. The molecule has 106 valence electrons. The molecule has 0 unspecified atom stereocenters. The van der Waals surface area contributed by atoms with Crippen molar-refractivity contribution in [3.8, 4) is 10.4 Å². The summed E-state index contributed by atoms with van der Waals surface area (Å²) in [4.78, 5) is 1.27. The topological polar surface area (TPSA) is 30.5 Å². The van der Waals surface area contributed by atoms with Crippen LogP contribution in [0.2, 0.25) is 0 Å². The standard InChI is InChI=1S/C16H19NO2S/c1-16(2)18-10-12(11-19-16)17-14-7-4-3-6-13(14)15-8-5-9-20-15/h3-9,12,17H,10-11H2,1-2H3. The summed E-state index contributed by atoms with van der Waals surface area (Å²) in [5.74, 6) is -0.467. The fraction of sp³-hybridized carbons (Fsp3) is 0.375. The van der Waals surface area contributed by atoms with Crippen molar-refractivity contribution in [2.45, 2.75) is 25.7 Å². The molecule has 0 saturated carbocycles. The van der Waals surface area contributed by atoms with Crippen LogP contribution in [0.15, 0.2) is 41.8 Å². The summed E-state index contributed by atoms with van der Waals surface area (Å²) < 4.78 is 11.4. The molecule has 0 bridgehead atoms. The largest absolute Gasteiger partial charge is 0.377 e. The summed E-state index contributed by atoms with van der Waals surface area (Å²) in [6.45, 7) is 5.21. The highest BCUT2D eigenvalue weighted by atomic mass is 32.1. The van der Waals surface area contributed by atoms with Crippen LogP contribution < -0.4 is 5.32 Å². The Morgan fingerprint density at radius 3 is 2.55 bits per heavy atom. The molecule has 1 aromatic heterocycles. The van der Waals surface area contributed by atoms with E-state index in [1.54, 1.807) is 11.3 Å². The Labute approximate surface area is 123 Å². The van der Waals surface area contributed by atoms with E-state index in [0.29, 0.717) is 13.2 Å². The minimum Gasteiger partial charge on any atom is -0.377 e. The molecule has 2 aromatic rings. The molecule has 2 heterocycles. The lowest BCUT2D eigenvalue weighted by Gasteiger charge is -2.35. The van der Waals surface area contributed by atoms with Gasteiger partial charge in [-0.1, -0.05) is 24.3 Å². The summed E-state index contributed by atoms with van der Waals surface area (Å²) in [5.41, 5.74) is 2.36. The Morgan fingerprint density at radius 1 is 1.10 bits per heavy atom. The van der Waals surface area contributed by atoms with Gasteiger partial charge in [0, 0.05) is 16.1 Å². The normalized spacial score (nSPS) is 18.9. The molecule has 1 saturated heterocycles. The van der Waals surface area contributed by atoms with E-state index in [0.717, 1.165) is 5.69 Å². The minimum atomic E-state index is -0.467. The first-order valence-corrected chi connectivity index (χ1v) is 7.69. The van der Waals surface area contributed by atoms with Crippen LogP contribution in [0.25, 0.3) is 10.4 Å². The highest BCUT2D eigenvalue weighted by Crippen LogP contribution is 2.32. The number of ether oxygens (including phenoxy) is 2. The molecule has 0 atom stereocenters. The average Bonchev–Trinajstić information content (AvgIpc) is 2.96. The number of rotatable bonds is 3. The molecular weight excluding hydrogens is 270 g/mol. The smallest absolute Gasteiger partial charge is 0.162 e. The van der Waals surface area contributed by atoms with Crippen LogP contribution in [0.1, 0.15) is 13.8 Å². The molecule has 1 N–H and O–H groups in total. The summed E-state index contributed by atoms with van der Waals surface area (Å²) in [5, 5.41) is 5.63. The fourth-order valence-corrected chi connectivity index (χ4v) is 3.02. The zero-order chi connectivity index (χ0) is 14.0. The van der Waals surface area contributed by atoms with Gasteiger partial charge in [-0.15, -0.1) is 11.3 Å². The van der Waals surface area contributed by atoms with Crippen LogP contribution in [0.4, 0.5) is 5.69 Å². The first kappa shape index (κ1) is 13.6. The predicted octanol–water partition coefficient (Wildman–Crippen LogP) is 3.98. The number of anilines is 1. The first-order valence-electron chi connectivity index (χ1n) is 6.81. The second-order valence-electron chi connectivity index (χ2n) is 5.39. The van der Waals surface area contributed by atoms with Crippen LogP contribution in [0, 0.1) is 0 Å². The van der Waals surface area contributed by atoms with Crippen LogP contribution in [-0.2, 0) is 9.47 Å². The lowest BCUT2D eigenvalue weighted by Crippen LogP contribution is -2.45. The van der Waals surface area contributed by atoms with Gasteiger partial charge in [-0.2, -0.15) is 0 Å². The van der Waals surface area contributed by atoms with Crippen molar-refractivity contribution in [2.24, 2.45) is 0 Å². The zero-order valence-electron chi connectivity index (χ0n) is 11.8. The Morgan fingerprint density at radius 2 is 1.85 bits per heavy atom. The van der Waals surface area contributed by atoms with Crippen molar-refractivity contribution < 1.29 is 9.47 Å². The molecule has 3 rings (SSSR count). The predicted molar refractivity (Wildman–Crippen MR) is 83.1 cm³/mol. The van der Waals surface area contributed by atoms with E-state index in [1.165, 1.54) is 10.4 Å². The van der Waals surface area contributed by atoms with E-state index >= 15 is 0 Å². The second kappa shape index (κ2) is 5.56. The van der Waals surface area contributed by atoms with Gasteiger partial charge >= 0.3 is 0 Å². The zero-order valence-corrected chi connectivity index (χ0v) is 12.6. The third-order valence-electron chi connectivity index (χ3n) is 3.34. The maximum absolute atomic E-state index is 5.70. The Bertz CT molecular complexity index is 556. The van der Waals surface area contributed by atoms with Gasteiger partial charge in [-0.05, 0) is 31.4 Å². The summed E-state index contributed by atoms with van der Waals surface area (Å²) in [6.07, 6.45) is 0. The van der Waals surface area contributed by atoms with Crippen molar-refractivity contribution in [3.05, 3.63) is 41.8 Å². The van der Waals surface area contributed by atoms with Gasteiger partial charge in [0.15, 0.2) is 5.79 Å². The van der Waals surface area contributed by atoms with E-state index in [2.05, 4.69) is 41.0 Å². The molecule has 20 heavy (non-hydrogen) atoms. The van der Waals surface area contributed by atoms with Gasteiger partial charge in [-0.25, -0.2) is 0 Å². The second-order valence-corrected chi connectivity index (χ2v) is 6.33. The average molecular weight is 289 g/mol. The monoisotopic (exact) mass is 289 g/mol. The summed E-state index contributed by atoms with van der Waals surface area (Å²) >= 11 is 1.75. The molecular formula is C16H19NO2S. The van der Waals surface area contributed by atoms with Gasteiger partial charge < -0.3 is 14.8 Å². The lowest BCUT2D eigenvalue weighted by atomic mass is 10.1. The molecule has 1 fully saturated rings. The summed E-state index contributed by atoms with van der Waals surface area (Å²) in [7, 11) is 0. The summed E-state index contributed by atoms with van der Waals surface area (Å²) in [6, 6.07) is 12.8. The molecule has 0 radical (unpaired) electrons. The van der Waals surface area contributed by atoms with E-state index in [9.17, 15) is 0 Å². The number of thiophene rings is 1. The molecule has 3 nitrogen and oxygen atoms in total. The number of nitrogens with one attached hydrogen (secondary N) is 1. The molecule has 0 amide bonds. The molecule has 0 spiro atoms. The first-order chi connectivity index (χ1) is 9.64. The highest BCUT2D eigenvalue weighted by molar-refractivity contribution is 7.13. The van der Waals surface area contributed by atoms with Gasteiger partial charge in [-0.3, -0.25) is 0 Å². The van der Waals surface area contributed by atoms with Crippen LogP contribution >= 0.6 is 11.3 Å². The molecule has 1 aromatic carbocycles. The third kappa shape index (κ3) is 3.03. The van der Waals surface area contributed by atoms with Gasteiger partial charge in [0.05, 0.1) is 19.3 Å². The van der Waals surface area contributed by atoms with Gasteiger partial charge in [0.25, 0.3) is 0 Å². The maximum Gasteiger partial charge on any atom is 0.162 e. The Hall–Kier alpha value is -1.36. The maximum atomic E-state index is 5.70. The van der Waals surface area contributed by atoms with E-state index in [4.69, 9.17) is 9.47 Å².